The first-order chi connectivity index (χ1) is 32.0. The van der Waals surface area contributed by atoms with Gasteiger partial charge in [-0.25, -0.2) is 39.5 Å². The van der Waals surface area contributed by atoms with Gasteiger partial charge in [-0.05, 0) is 102 Å². The lowest BCUT2D eigenvalue weighted by Crippen LogP contribution is -2.37. The summed E-state index contributed by atoms with van der Waals surface area (Å²) < 4.78 is 28.1. The van der Waals surface area contributed by atoms with E-state index in [1.54, 1.807) is 22.2 Å². The number of fused-ring (bicyclic) bond motifs is 3. The Morgan fingerprint density at radius 3 is 1.37 bits per heavy atom. The number of amides is 2. The molecule has 0 radical (unpaired) electrons. The number of hydrogen-bond acceptors (Lipinski definition) is 12. The van der Waals surface area contributed by atoms with Crippen LogP contribution in [-0.4, -0.2) is 115 Å². The minimum absolute atomic E-state index is 0.266. The number of carbonyl (C=O) groups excluding carboxylic acids is 2. The molecule has 6 heterocycles. The molecule has 68 heavy (non-hydrogen) atoms. The lowest BCUT2D eigenvalue weighted by molar-refractivity contribution is 0.0195. The van der Waals surface area contributed by atoms with Gasteiger partial charge >= 0.3 is 12.2 Å². The van der Waals surface area contributed by atoms with Gasteiger partial charge in [0.2, 0.25) is 0 Å². The van der Waals surface area contributed by atoms with Gasteiger partial charge in [0.25, 0.3) is 0 Å². The van der Waals surface area contributed by atoms with E-state index in [0.717, 1.165) is 59.7 Å². The third-order valence-electron chi connectivity index (χ3n) is 12.2. The zero-order valence-electron chi connectivity index (χ0n) is 42.2. The molecule has 0 unspecified atom stereocenters. The summed E-state index contributed by atoms with van der Waals surface area (Å²) in [5, 5.41) is 2.04. The van der Waals surface area contributed by atoms with Crippen molar-refractivity contribution in [2.45, 2.75) is 155 Å². The van der Waals surface area contributed by atoms with Crippen molar-refractivity contribution in [2.75, 3.05) is 26.3 Å². The number of rotatable bonds is 14. The smallest absolute Gasteiger partial charge is 0.410 e. The molecule has 2 aliphatic heterocycles. The van der Waals surface area contributed by atoms with Crippen LogP contribution >= 0.6 is 0 Å². The summed E-state index contributed by atoms with van der Waals surface area (Å²) in [7, 11) is -2.63. The maximum atomic E-state index is 13.4. The van der Waals surface area contributed by atoms with E-state index in [9.17, 15) is 9.59 Å². The average Bonchev–Trinajstić information content (AvgIpc) is 4.06. The highest BCUT2D eigenvalue weighted by molar-refractivity contribution is 6.76. The fourth-order valence-electron chi connectivity index (χ4n) is 8.65. The van der Waals surface area contributed by atoms with E-state index < -0.39 is 27.3 Å². The lowest BCUT2D eigenvalue weighted by Gasteiger charge is -2.28. The minimum atomic E-state index is -1.31. The topological polar surface area (TPSA) is 165 Å². The molecule has 2 saturated heterocycles. The number of nitrogens with zero attached hydrogens (tertiary/aromatic N) is 10. The normalized spacial score (nSPS) is 17.3. The van der Waals surface area contributed by atoms with Gasteiger partial charge in [-0.15, -0.1) is 0 Å². The number of benzene rings is 2. The van der Waals surface area contributed by atoms with Crippen molar-refractivity contribution in [3.63, 3.8) is 0 Å². The van der Waals surface area contributed by atoms with E-state index in [-0.39, 0.29) is 37.7 Å². The Labute approximate surface area is 402 Å². The highest BCUT2D eigenvalue weighted by atomic mass is 28.3. The van der Waals surface area contributed by atoms with Crippen molar-refractivity contribution in [1.29, 1.82) is 0 Å². The Bertz CT molecular complexity index is 2610. The van der Waals surface area contributed by atoms with Gasteiger partial charge in [-0.1, -0.05) is 63.5 Å². The second-order valence-electron chi connectivity index (χ2n) is 22.7. The first kappa shape index (κ1) is 49.1. The Morgan fingerprint density at radius 1 is 0.603 bits per heavy atom. The minimum Gasteiger partial charge on any atom is -0.444 e. The van der Waals surface area contributed by atoms with Crippen LogP contribution in [0.15, 0.2) is 48.8 Å². The van der Waals surface area contributed by atoms with E-state index in [4.69, 9.17) is 48.9 Å². The molecule has 2 atom stereocenters. The van der Waals surface area contributed by atoms with E-state index in [1.165, 1.54) is 0 Å². The van der Waals surface area contributed by atoms with Crippen molar-refractivity contribution in [2.24, 2.45) is 0 Å². The molecule has 364 valence electrons. The molecule has 2 fully saturated rings. The standard InChI is InChI=1S/C50H70N10O6Si2/c1-49(2,3)65-47(61)57-21-13-15-39(57)43-55-41-45(59(43)31-63-23-25-67(7,8)9)51-29-37(53-41)35-19-17-34-28-36(20-18-33(34)27-35)38-30-52-46-42(54-38)56-44(60(46)32-64-24-26-68(10,11)12)40-16-14-22-58(40)48(62)66-50(4,5)6/h17-20,27-30,39-40H,13-16,21-26,31-32H2,1-12H3/t39-,40-/m0/s1. The van der Waals surface area contributed by atoms with Gasteiger partial charge in [-0.3, -0.25) is 18.9 Å². The molecule has 4 aromatic heterocycles. The van der Waals surface area contributed by atoms with Crippen LogP contribution in [-0.2, 0) is 32.4 Å². The first-order valence-corrected chi connectivity index (χ1v) is 31.6. The summed E-state index contributed by atoms with van der Waals surface area (Å²) in [6.45, 7) is 28.3. The maximum absolute atomic E-state index is 13.4. The Morgan fingerprint density at radius 2 is 1.00 bits per heavy atom. The molecule has 2 amide bonds. The molecular weight excluding hydrogens is 893 g/mol. The Hall–Kier alpha value is -5.31. The summed E-state index contributed by atoms with van der Waals surface area (Å²) >= 11 is 0. The van der Waals surface area contributed by atoms with Crippen molar-refractivity contribution in [3.8, 4) is 22.5 Å². The van der Waals surface area contributed by atoms with Crippen LogP contribution in [0.25, 0.3) is 55.9 Å². The molecule has 0 aliphatic carbocycles. The fraction of sp³-hybridized carbons (Fsp3) is 0.560. The third-order valence-corrected chi connectivity index (χ3v) is 15.6. The van der Waals surface area contributed by atoms with Crippen LogP contribution in [0.2, 0.25) is 51.4 Å². The van der Waals surface area contributed by atoms with Crippen molar-refractivity contribution < 1.29 is 28.5 Å². The third kappa shape index (κ3) is 11.6. The predicted octanol–water partition coefficient (Wildman–Crippen LogP) is 11.2. The summed E-state index contributed by atoms with van der Waals surface area (Å²) in [5.41, 5.74) is 4.18. The fourth-order valence-corrected chi connectivity index (χ4v) is 10.2. The molecule has 2 aliphatic rings. The highest BCUT2D eigenvalue weighted by Crippen LogP contribution is 2.37. The SMILES string of the molecule is CC(C)(C)OC(=O)N1CCC[C@H]1c1nc2nc(-c3ccc4cc(-c5cnc6c(n5)nc([C@@H]5CCCN5C(=O)OC(C)(C)C)n6COCC[Si](C)(C)C)ccc4c3)cnc2n1COCC[Si](C)(C)C. The molecule has 8 rings (SSSR count). The Balaban J connectivity index is 1.07. The second kappa shape index (κ2) is 19.2. The average molecular weight is 963 g/mol. The summed E-state index contributed by atoms with van der Waals surface area (Å²) in [6, 6.07) is 13.9. The van der Waals surface area contributed by atoms with Gasteiger partial charge < -0.3 is 18.9 Å². The van der Waals surface area contributed by atoms with Crippen molar-refractivity contribution in [1.82, 2.24) is 48.8 Å². The summed E-state index contributed by atoms with van der Waals surface area (Å²) in [4.78, 5) is 60.5. The molecule has 18 heteroatoms. The monoisotopic (exact) mass is 963 g/mol. The van der Waals surface area contributed by atoms with E-state index in [0.29, 0.717) is 71.9 Å². The molecule has 16 nitrogen and oxygen atoms in total. The molecule has 2 aromatic carbocycles. The van der Waals surface area contributed by atoms with Gasteiger partial charge in [0.15, 0.2) is 22.6 Å². The van der Waals surface area contributed by atoms with Crippen molar-refractivity contribution >= 4 is 61.7 Å². The quantitative estimate of drug-likeness (QED) is 0.0750. The molecule has 0 spiro atoms. The molecule has 0 bridgehead atoms. The van der Waals surface area contributed by atoms with E-state index >= 15 is 0 Å². The second-order valence-corrected chi connectivity index (χ2v) is 34.0. The molecule has 0 saturated carbocycles. The van der Waals surface area contributed by atoms with E-state index in [2.05, 4.69) is 63.5 Å². The van der Waals surface area contributed by atoms with Gasteiger partial charge in [0.05, 0.1) is 35.9 Å². The van der Waals surface area contributed by atoms with Crippen LogP contribution in [0.5, 0.6) is 0 Å². The van der Waals surface area contributed by atoms with Crippen LogP contribution in [0.3, 0.4) is 0 Å². The van der Waals surface area contributed by atoms with Crippen LogP contribution in [0.4, 0.5) is 9.59 Å². The van der Waals surface area contributed by atoms with Gasteiger partial charge in [-0.2, -0.15) is 0 Å². The van der Waals surface area contributed by atoms with Crippen LogP contribution in [0, 0.1) is 0 Å². The van der Waals surface area contributed by atoms with Crippen molar-refractivity contribution in [3.05, 3.63) is 60.4 Å². The number of likely N-dealkylation sites (tertiary alicyclic amines) is 2. The Kier molecular flexibility index (Phi) is 13.9. The van der Waals surface area contributed by atoms with E-state index in [1.807, 2.05) is 62.8 Å². The highest BCUT2D eigenvalue weighted by Gasteiger charge is 2.38. The number of aromatic nitrogens is 8. The maximum Gasteiger partial charge on any atom is 0.410 e. The molecular formula is C50H70N10O6Si2. The first-order valence-electron chi connectivity index (χ1n) is 24.2. The number of hydrogen-bond donors (Lipinski definition) is 0. The molecule has 0 N–H and O–H groups in total. The van der Waals surface area contributed by atoms with Crippen LogP contribution < -0.4 is 0 Å². The number of ether oxygens (including phenoxy) is 4. The molecule has 6 aromatic rings. The largest absolute Gasteiger partial charge is 0.444 e. The predicted molar refractivity (Wildman–Crippen MR) is 271 cm³/mol. The summed E-state index contributed by atoms with van der Waals surface area (Å²) in [5.74, 6) is 1.41. The number of imidazole rings is 2. The summed E-state index contributed by atoms with van der Waals surface area (Å²) in [6.07, 6.45) is 6.06. The zero-order chi connectivity index (χ0) is 48.8. The lowest BCUT2D eigenvalue weighted by atomic mass is 10.0. The van der Waals surface area contributed by atoms with Gasteiger partial charge in [0, 0.05) is 53.6 Å². The number of carbonyl (C=O) groups is 2. The van der Waals surface area contributed by atoms with Crippen LogP contribution in [0.1, 0.15) is 91.0 Å². The van der Waals surface area contributed by atoms with Gasteiger partial charge in [0.1, 0.15) is 36.3 Å². The zero-order valence-corrected chi connectivity index (χ0v) is 44.2.